The maximum absolute atomic E-state index is 12.9. The molecule has 174 valence electrons. The summed E-state index contributed by atoms with van der Waals surface area (Å²) in [5.41, 5.74) is 0.409. The van der Waals surface area contributed by atoms with Gasteiger partial charge in [0.05, 0.1) is 25.6 Å². The maximum atomic E-state index is 12.9. The summed E-state index contributed by atoms with van der Waals surface area (Å²) >= 11 is 0. The SMILES string of the molecule is COc1ccc(CC(=O)N2CCN(Cc3nc(-c4cccc(C(F)(F)F)c4)no3)CC2)cc1. The van der Waals surface area contributed by atoms with E-state index in [0.717, 1.165) is 23.4 Å². The van der Waals surface area contributed by atoms with Crippen molar-refractivity contribution in [3.8, 4) is 17.1 Å². The molecule has 0 aliphatic carbocycles. The molecule has 3 aromatic rings. The lowest BCUT2D eigenvalue weighted by atomic mass is 10.1. The number of piperazine rings is 1. The number of nitrogens with zero attached hydrogens (tertiary/aromatic N) is 4. The van der Waals surface area contributed by atoms with Crippen LogP contribution in [-0.2, 0) is 23.9 Å². The number of rotatable bonds is 6. The Kier molecular flexibility index (Phi) is 6.64. The first-order valence-electron chi connectivity index (χ1n) is 10.4. The van der Waals surface area contributed by atoms with Crippen LogP contribution in [0.3, 0.4) is 0 Å². The van der Waals surface area contributed by atoms with Gasteiger partial charge in [0, 0.05) is 31.7 Å². The van der Waals surface area contributed by atoms with Crippen LogP contribution >= 0.6 is 0 Å². The molecule has 0 radical (unpaired) electrons. The number of carbonyl (C=O) groups is 1. The Morgan fingerprint density at radius 3 is 2.48 bits per heavy atom. The minimum Gasteiger partial charge on any atom is -0.497 e. The number of carbonyl (C=O) groups excluding carboxylic acids is 1. The molecule has 7 nitrogen and oxygen atoms in total. The van der Waals surface area contributed by atoms with Crippen molar-refractivity contribution < 1.29 is 27.2 Å². The summed E-state index contributed by atoms with van der Waals surface area (Å²) in [6, 6.07) is 12.3. The van der Waals surface area contributed by atoms with Crippen molar-refractivity contribution in [1.82, 2.24) is 19.9 Å². The van der Waals surface area contributed by atoms with E-state index in [0.29, 0.717) is 45.0 Å². The Hall–Kier alpha value is -3.40. The molecule has 1 fully saturated rings. The summed E-state index contributed by atoms with van der Waals surface area (Å²) in [5.74, 6) is 1.24. The van der Waals surface area contributed by atoms with Gasteiger partial charge in [0.15, 0.2) is 0 Å². The molecule has 0 N–H and O–H groups in total. The zero-order chi connectivity index (χ0) is 23.4. The van der Waals surface area contributed by atoms with Crippen LogP contribution in [-0.4, -0.2) is 59.1 Å². The molecule has 0 spiro atoms. The van der Waals surface area contributed by atoms with Gasteiger partial charge in [-0.1, -0.05) is 29.4 Å². The van der Waals surface area contributed by atoms with E-state index in [9.17, 15) is 18.0 Å². The number of hydrogen-bond acceptors (Lipinski definition) is 6. The highest BCUT2D eigenvalue weighted by atomic mass is 19.4. The third-order valence-corrected chi connectivity index (χ3v) is 5.51. The Labute approximate surface area is 188 Å². The average molecular weight is 460 g/mol. The van der Waals surface area contributed by atoms with Gasteiger partial charge in [0.2, 0.25) is 17.6 Å². The van der Waals surface area contributed by atoms with Crippen molar-refractivity contribution in [1.29, 1.82) is 0 Å². The van der Waals surface area contributed by atoms with Gasteiger partial charge in [-0.2, -0.15) is 18.2 Å². The average Bonchev–Trinajstić information content (AvgIpc) is 3.28. The first-order chi connectivity index (χ1) is 15.8. The lowest BCUT2D eigenvalue weighted by Crippen LogP contribution is -2.48. The molecular formula is C23H23F3N4O3. The van der Waals surface area contributed by atoms with Crippen molar-refractivity contribution in [3.05, 3.63) is 65.5 Å². The second kappa shape index (κ2) is 9.62. The van der Waals surface area contributed by atoms with Gasteiger partial charge in [-0.3, -0.25) is 9.69 Å². The van der Waals surface area contributed by atoms with Crippen molar-refractivity contribution in [2.75, 3.05) is 33.3 Å². The van der Waals surface area contributed by atoms with Crippen molar-refractivity contribution in [3.63, 3.8) is 0 Å². The van der Waals surface area contributed by atoms with E-state index in [2.05, 4.69) is 15.0 Å². The first-order valence-corrected chi connectivity index (χ1v) is 10.4. The summed E-state index contributed by atoms with van der Waals surface area (Å²) in [5, 5.41) is 3.82. The van der Waals surface area contributed by atoms with Gasteiger partial charge in [-0.25, -0.2) is 0 Å². The molecule has 10 heteroatoms. The molecule has 33 heavy (non-hydrogen) atoms. The summed E-state index contributed by atoms with van der Waals surface area (Å²) in [4.78, 5) is 20.7. The van der Waals surface area contributed by atoms with Gasteiger partial charge in [-0.05, 0) is 29.8 Å². The Bertz CT molecular complexity index is 1090. The molecule has 4 rings (SSSR count). The fraction of sp³-hybridized carbons (Fsp3) is 0.348. The quantitative estimate of drug-likeness (QED) is 0.559. The van der Waals surface area contributed by atoms with Gasteiger partial charge in [0.1, 0.15) is 5.75 Å². The third-order valence-electron chi connectivity index (χ3n) is 5.51. The number of hydrogen-bond donors (Lipinski definition) is 0. The van der Waals surface area contributed by atoms with Crippen molar-refractivity contribution in [2.45, 2.75) is 19.1 Å². The lowest BCUT2D eigenvalue weighted by molar-refractivity contribution is -0.137. The predicted molar refractivity (Wildman–Crippen MR) is 113 cm³/mol. The Morgan fingerprint density at radius 1 is 1.09 bits per heavy atom. The summed E-state index contributed by atoms with van der Waals surface area (Å²) in [6.07, 6.45) is -4.11. The van der Waals surface area contributed by atoms with Crippen LogP contribution in [0, 0.1) is 0 Å². The molecule has 1 aliphatic rings. The second-order valence-electron chi connectivity index (χ2n) is 7.77. The molecule has 1 aromatic heterocycles. The summed E-state index contributed by atoms with van der Waals surface area (Å²) in [6.45, 7) is 2.78. The summed E-state index contributed by atoms with van der Waals surface area (Å²) < 4.78 is 49.2. The van der Waals surface area contributed by atoms with Crippen LogP contribution in [0.2, 0.25) is 0 Å². The fourth-order valence-electron chi connectivity index (χ4n) is 3.65. The van der Waals surface area contributed by atoms with E-state index < -0.39 is 11.7 Å². The molecule has 2 heterocycles. The predicted octanol–water partition coefficient (Wildman–Crippen LogP) is 3.65. The number of ether oxygens (including phenoxy) is 1. The number of alkyl halides is 3. The molecule has 0 saturated carbocycles. The molecular weight excluding hydrogens is 437 g/mol. The third kappa shape index (κ3) is 5.70. The molecule has 1 amide bonds. The Morgan fingerprint density at radius 2 is 1.82 bits per heavy atom. The number of methoxy groups -OCH3 is 1. The smallest absolute Gasteiger partial charge is 0.416 e. The van der Waals surface area contributed by atoms with Crippen LogP contribution in [0.1, 0.15) is 17.0 Å². The highest BCUT2D eigenvalue weighted by molar-refractivity contribution is 5.79. The number of amides is 1. The van der Waals surface area contributed by atoms with Gasteiger partial charge >= 0.3 is 6.18 Å². The van der Waals surface area contributed by atoms with Crippen LogP contribution in [0.4, 0.5) is 13.2 Å². The zero-order valence-corrected chi connectivity index (χ0v) is 18.0. The Balaban J connectivity index is 1.30. The minimum atomic E-state index is -4.44. The van der Waals surface area contributed by atoms with E-state index in [4.69, 9.17) is 9.26 Å². The molecule has 0 atom stereocenters. The standard InChI is InChI=1S/C23H23F3N4O3/c1-32-19-7-5-16(6-8-19)13-21(31)30-11-9-29(10-12-30)15-20-27-22(28-33-20)17-3-2-4-18(14-17)23(24,25)26/h2-8,14H,9-13,15H2,1H3. The van der Waals surface area contributed by atoms with E-state index in [1.165, 1.54) is 12.1 Å². The van der Waals surface area contributed by atoms with Crippen LogP contribution < -0.4 is 4.74 Å². The molecule has 0 unspecified atom stereocenters. The topological polar surface area (TPSA) is 71.7 Å². The number of halogens is 3. The number of aromatic nitrogens is 2. The van der Waals surface area contributed by atoms with Gasteiger partial charge in [0.25, 0.3) is 0 Å². The maximum Gasteiger partial charge on any atom is 0.416 e. The highest BCUT2D eigenvalue weighted by Crippen LogP contribution is 2.31. The van der Waals surface area contributed by atoms with Crippen LogP contribution in [0.15, 0.2) is 53.1 Å². The van der Waals surface area contributed by atoms with Gasteiger partial charge in [-0.15, -0.1) is 0 Å². The molecule has 2 aromatic carbocycles. The van der Waals surface area contributed by atoms with E-state index in [1.54, 1.807) is 7.11 Å². The van der Waals surface area contributed by atoms with E-state index in [1.807, 2.05) is 29.2 Å². The minimum absolute atomic E-state index is 0.0597. The molecule has 0 bridgehead atoms. The highest BCUT2D eigenvalue weighted by Gasteiger charge is 2.31. The number of benzene rings is 2. The normalized spacial score (nSPS) is 15.0. The van der Waals surface area contributed by atoms with Crippen LogP contribution in [0.5, 0.6) is 5.75 Å². The summed E-state index contributed by atoms with van der Waals surface area (Å²) in [7, 11) is 1.60. The van der Waals surface area contributed by atoms with Crippen molar-refractivity contribution >= 4 is 5.91 Å². The zero-order valence-electron chi connectivity index (χ0n) is 18.0. The molecule has 1 saturated heterocycles. The van der Waals surface area contributed by atoms with Crippen LogP contribution in [0.25, 0.3) is 11.4 Å². The van der Waals surface area contributed by atoms with Crippen molar-refractivity contribution in [2.24, 2.45) is 0 Å². The van der Waals surface area contributed by atoms with Gasteiger partial charge < -0.3 is 14.2 Å². The molecule has 1 aliphatic heterocycles. The van der Waals surface area contributed by atoms with E-state index in [-0.39, 0.29) is 17.3 Å². The first kappa shape index (κ1) is 22.8. The monoisotopic (exact) mass is 460 g/mol. The second-order valence-corrected chi connectivity index (χ2v) is 7.77. The lowest BCUT2D eigenvalue weighted by Gasteiger charge is -2.34. The fourth-order valence-corrected chi connectivity index (χ4v) is 3.65. The van der Waals surface area contributed by atoms with E-state index >= 15 is 0 Å². The largest absolute Gasteiger partial charge is 0.497 e.